The Kier molecular flexibility index (Phi) is 4.72. The summed E-state index contributed by atoms with van der Waals surface area (Å²) in [4.78, 5) is 0. The van der Waals surface area contributed by atoms with E-state index in [0.29, 0.717) is 4.31 Å². The Morgan fingerprint density at radius 2 is 1.85 bits per heavy atom. The van der Waals surface area contributed by atoms with Gasteiger partial charge < -0.3 is 5.11 Å². The van der Waals surface area contributed by atoms with Crippen LogP contribution in [0, 0.1) is 0 Å². The molecule has 7 heteroatoms. The van der Waals surface area contributed by atoms with Crippen molar-refractivity contribution in [2.75, 3.05) is 13.2 Å². The molecule has 0 rings (SSSR count). The van der Waals surface area contributed by atoms with Crippen molar-refractivity contribution < 1.29 is 22.3 Å². The molecular formula is C6H13F2NO3S. The first kappa shape index (κ1) is 12.7. The van der Waals surface area contributed by atoms with Crippen LogP contribution in [0.1, 0.15) is 13.8 Å². The van der Waals surface area contributed by atoms with Gasteiger partial charge in [-0.1, -0.05) is 0 Å². The smallest absolute Gasteiger partial charge is 0.350 e. The van der Waals surface area contributed by atoms with E-state index < -0.39 is 28.4 Å². The highest BCUT2D eigenvalue weighted by Crippen LogP contribution is 2.14. The summed E-state index contributed by atoms with van der Waals surface area (Å²) >= 11 is 0. The number of nitrogens with zero attached hydrogens (tertiary/aromatic N) is 1. The lowest BCUT2D eigenvalue weighted by molar-refractivity contribution is 0.195. The summed E-state index contributed by atoms with van der Waals surface area (Å²) in [5.74, 6) is -3.43. The minimum atomic E-state index is -4.56. The lowest BCUT2D eigenvalue weighted by Crippen LogP contribution is -2.41. The van der Waals surface area contributed by atoms with Gasteiger partial charge in [-0.05, 0) is 13.8 Å². The second-order valence-corrected chi connectivity index (χ2v) is 4.59. The van der Waals surface area contributed by atoms with Crippen LogP contribution in [0.25, 0.3) is 0 Å². The lowest BCUT2D eigenvalue weighted by Gasteiger charge is -2.24. The first-order chi connectivity index (χ1) is 5.84. The number of sulfonamides is 1. The minimum absolute atomic E-state index is 0.301. The molecular weight excluding hydrogens is 204 g/mol. The summed E-state index contributed by atoms with van der Waals surface area (Å²) in [6.45, 7) is 2.17. The van der Waals surface area contributed by atoms with Gasteiger partial charge in [-0.25, -0.2) is 8.42 Å². The van der Waals surface area contributed by atoms with Gasteiger partial charge in [0.25, 0.3) is 10.0 Å². The van der Waals surface area contributed by atoms with Crippen LogP contribution in [0.2, 0.25) is 0 Å². The second-order valence-electron chi connectivity index (χ2n) is 2.73. The Bertz CT molecular complexity index is 240. The largest absolute Gasteiger partial charge is 0.395 e. The summed E-state index contributed by atoms with van der Waals surface area (Å²) in [6, 6.07) is -0.578. The molecule has 0 atom stereocenters. The predicted octanol–water partition coefficient (Wildman–Crippen LogP) is 0.242. The van der Waals surface area contributed by atoms with Crippen LogP contribution in [0.15, 0.2) is 0 Å². The molecule has 0 spiro atoms. The Morgan fingerprint density at radius 1 is 1.38 bits per heavy atom. The molecule has 4 nitrogen and oxygen atoms in total. The molecule has 13 heavy (non-hydrogen) atoms. The van der Waals surface area contributed by atoms with E-state index in [1.165, 1.54) is 13.8 Å². The van der Waals surface area contributed by atoms with Crippen molar-refractivity contribution in [2.45, 2.75) is 25.6 Å². The Hall–Kier alpha value is -0.270. The molecule has 1 N–H and O–H groups in total. The summed E-state index contributed by atoms with van der Waals surface area (Å²) in [7, 11) is -4.56. The highest BCUT2D eigenvalue weighted by molar-refractivity contribution is 7.89. The minimum Gasteiger partial charge on any atom is -0.395 e. The van der Waals surface area contributed by atoms with Gasteiger partial charge in [-0.2, -0.15) is 13.1 Å². The summed E-state index contributed by atoms with van der Waals surface area (Å²) in [5, 5.41) is 8.48. The molecule has 0 heterocycles. The zero-order chi connectivity index (χ0) is 10.6. The van der Waals surface area contributed by atoms with Gasteiger partial charge in [0.1, 0.15) is 0 Å². The Morgan fingerprint density at radius 3 is 2.08 bits per heavy atom. The van der Waals surface area contributed by atoms with E-state index >= 15 is 0 Å². The summed E-state index contributed by atoms with van der Waals surface area (Å²) in [6.07, 6.45) is 0. The van der Waals surface area contributed by atoms with Crippen LogP contribution >= 0.6 is 0 Å². The van der Waals surface area contributed by atoms with Crippen LogP contribution in [-0.2, 0) is 10.0 Å². The molecule has 0 amide bonds. The fraction of sp³-hybridized carbons (Fsp3) is 1.00. The van der Waals surface area contributed by atoms with Crippen molar-refractivity contribution >= 4 is 10.0 Å². The van der Waals surface area contributed by atoms with Crippen molar-refractivity contribution in [1.82, 2.24) is 4.31 Å². The van der Waals surface area contributed by atoms with Gasteiger partial charge >= 0.3 is 5.76 Å². The molecule has 80 valence electrons. The maximum Gasteiger partial charge on any atom is 0.350 e. The molecule has 0 unspecified atom stereocenters. The predicted molar refractivity (Wildman–Crippen MR) is 43.9 cm³/mol. The van der Waals surface area contributed by atoms with Crippen LogP contribution in [-0.4, -0.2) is 42.8 Å². The van der Waals surface area contributed by atoms with Gasteiger partial charge in [0.15, 0.2) is 0 Å². The zero-order valence-corrected chi connectivity index (χ0v) is 8.26. The summed E-state index contributed by atoms with van der Waals surface area (Å²) in [5.41, 5.74) is 0. The van der Waals surface area contributed by atoms with Crippen molar-refractivity contribution in [3.05, 3.63) is 0 Å². The van der Waals surface area contributed by atoms with E-state index in [1.54, 1.807) is 0 Å². The molecule has 0 aliphatic carbocycles. The summed E-state index contributed by atoms with van der Waals surface area (Å²) < 4.78 is 46.5. The fourth-order valence-electron chi connectivity index (χ4n) is 0.880. The normalized spacial score (nSPS) is 13.2. The average molecular weight is 217 g/mol. The van der Waals surface area contributed by atoms with E-state index in [0.717, 1.165) is 0 Å². The quantitative estimate of drug-likeness (QED) is 0.717. The number of hydrogen-bond acceptors (Lipinski definition) is 3. The first-order valence-electron chi connectivity index (χ1n) is 3.73. The van der Waals surface area contributed by atoms with Crippen molar-refractivity contribution in [2.24, 2.45) is 0 Å². The molecule has 0 fully saturated rings. The molecule has 0 radical (unpaired) electrons. The molecule has 0 aliphatic rings. The van der Waals surface area contributed by atoms with Gasteiger partial charge in [0.2, 0.25) is 0 Å². The van der Waals surface area contributed by atoms with Crippen LogP contribution in [0.4, 0.5) is 8.78 Å². The fourth-order valence-corrected chi connectivity index (χ4v) is 2.01. The molecule has 0 saturated carbocycles. The number of halogens is 2. The SMILES string of the molecule is CC(C)N(CCO)S(=O)(=O)C(F)F. The van der Waals surface area contributed by atoms with E-state index in [-0.39, 0.29) is 6.54 Å². The highest BCUT2D eigenvalue weighted by Gasteiger charge is 2.33. The second kappa shape index (κ2) is 4.83. The third-order valence-electron chi connectivity index (χ3n) is 1.45. The Balaban J connectivity index is 4.74. The molecule has 0 aromatic rings. The molecule has 0 saturated heterocycles. The van der Waals surface area contributed by atoms with E-state index in [4.69, 9.17) is 5.11 Å². The maximum atomic E-state index is 12.0. The van der Waals surface area contributed by atoms with Crippen LogP contribution in [0.5, 0.6) is 0 Å². The maximum absolute atomic E-state index is 12.0. The zero-order valence-electron chi connectivity index (χ0n) is 7.44. The Labute approximate surface area is 76.2 Å². The first-order valence-corrected chi connectivity index (χ1v) is 5.24. The molecule has 0 aromatic heterocycles. The van der Waals surface area contributed by atoms with Gasteiger partial charge in [0.05, 0.1) is 6.61 Å². The number of rotatable bonds is 5. The number of aliphatic hydroxyl groups is 1. The number of hydrogen-bond donors (Lipinski definition) is 1. The third kappa shape index (κ3) is 3.17. The monoisotopic (exact) mass is 217 g/mol. The number of alkyl halides is 2. The number of aliphatic hydroxyl groups excluding tert-OH is 1. The van der Waals surface area contributed by atoms with Crippen molar-refractivity contribution in [3.8, 4) is 0 Å². The van der Waals surface area contributed by atoms with E-state index in [2.05, 4.69) is 0 Å². The van der Waals surface area contributed by atoms with Crippen LogP contribution in [0.3, 0.4) is 0 Å². The van der Waals surface area contributed by atoms with E-state index in [9.17, 15) is 17.2 Å². The van der Waals surface area contributed by atoms with Gasteiger partial charge in [-0.15, -0.1) is 0 Å². The van der Waals surface area contributed by atoms with E-state index in [1.807, 2.05) is 0 Å². The van der Waals surface area contributed by atoms with Crippen molar-refractivity contribution in [1.29, 1.82) is 0 Å². The van der Waals surface area contributed by atoms with Crippen molar-refractivity contribution in [3.63, 3.8) is 0 Å². The van der Waals surface area contributed by atoms with Gasteiger partial charge in [0, 0.05) is 12.6 Å². The average Bonchev–Trinajstić information content (AvgIpc) is 1.98. The molecule has 0 aliphatic heterocycles. The van der Waals surface area contributed by atoms with Gasteiger partial charge in [-0.3, -0.25) is 0 Å². The van der Waals surface area contributed by atoms with Crippen LogP contribution < -0.4 is 0 Å². The standard InChI is InChI=1S/C6H13F2NO3S/c1-5(2)9(3-4-10)13(11,12)6(7)8/h5-6,10H,3-4H2,1-2H3. The molecule has 0 bridgehead atoms. The topological polar surface area (TPSA) is 57.6 Å². The lowest BCUT2D eigenvalue weighted by atomic mass is 10.4. The highest BCUT2D eigenvalue weighted by atomic mass is 32.2. The molecule has 0 aromatic carbocycles. The third-order valence-corrected chi connectivity index (χ3v) is 3.16.